The summed E-state index contributed by atoms with van der Waals surface area (Å²) in [5, 5.41) is 0. The average molecular weight is 323 g/mol. The summed E-state index contributed by atoms with van der Waals surface area (Å²) >= 11 is 3.30. The Morgan fingerprint density at radius 3 is 2.06 bits per heavy atom. The number of unbranched alkanes of at least 4 members (excludes halogenated alkanes) is 5. The number of hydrogen-bond acceptors (Lipinski definition) is 4. The highest BCUT2D eigenvalue weighted by Crippen LogP contribution is 2.14. The van der Waals surface area contributed by atoms with Crippen LogP contribution >= 0.6 is 15.9 Å². The van der Waals surface area contributed by atoms with Crippen molar-refractivity contribution < 1.29 is 19.1 Å². The minimum Gasteiger partial charge on any atom is -0.469 e. The fourth-order valence-corrected chi connectivity index (χ4v) is 2.16. The average Bonchev–Trinajstić information content (AvgIpc) is 2.39. The van der Waals surface area contributed by atoms with Crippen LogP contribution in [0, 0.1) is 0 Å². The van der Waals surface area contributed by atoms with E-state index in [1.54, 1.807) is 0 Å². The number of ether oxygens (including phenoxy) is 2. The van der Waals surface area contributed by atoms with Gasteiger partial charge in [0, 0.05) is 6.42 Å². The molecule has 0 amide bonds. The van der Waals surface area contributed by atoms with Gasteiger partial charge in [-0.3, -0.25) is 9.59 Å². The van der Waals surface area contributed by atoms with Crippen LogP contribution in [0.4, 0.5) is 0 Å². The number of rotatable bonds is 10. The Kier molecular flexibility index (Phi) is 11.1. The normalized spacial score (nSPS) is 11.9. The summed E-state index contributed by atoms with van der Waals surface area (Å²) in [6.07, 6.45) is 7.68. The predicted molar refractivity (Wildman–Crippen MR) is 73.7 cm³/mol. The first-order valence-electron chi connectivity index (χ1n) is 6.40. The van der Waals surface area contributed by atoms with Crippen LogP contribution in [-0.4, -0.2) is 31.0 Å². The van der Waals surface area contributed by atoms with Crippen LogP contribution in [0.25, 0.3) is 0 Å². The SMILES string of the molecule is COC(=O)CCCCCCCC[C@H](Br)C(=O)OC. The maximum Gasteiger partial charge on any atom is 0.319 e. The lowest BCUT2D eigenvalue weighted by molar-refractivity contribution is -0.141. The van der Waals surface area contributed by atoms with Crippen molar-refractivity contribution in [1.29, 1.82) is 0 Å². The van der Waals surface area contributed by atoms with Crippen molar-refractivity contribution in [2.24, 2.45) is 0 Å². The molecule has 0 unspecified atom stereocenters. The molecule has 0 radical (unpaired) electrons. The molecule has 0 aromatic heterocycles. The highest BCUT2D eigenvalue weighted by atomic mass is 79.9. The molecule has 0 heterocycles. The van der Waals surface area contributed by atoms with E-state index in [0.717, 1.165) is 44.9 Å². The maximum absolute atomic E-state index is 11.1. The van der Waals surface area contributed by atoms with Gasteiger partial charge in [0.2, 0.25) is 0 Å². The Balaban J connectivity index is 3.26. The van der Waals surface area contributed by atoms with Crippen molar-refractivity contribution in [2.45, 2.75) is 56.2 Å². The topological polar surface area (TPSA) is 52.6 Å². The number of methoxy groups -OCH3 is 2. The lowest BCUT2D eigenvalue weighted by Crippen LogP contribution is -2.15. The van der Waals surface area contributed by atoms with Gasteiger partial charge in [-0.2, -0.15) is 0 Å². The quantitative estimate of drug-likeness (QED) is 0.352. The molecule has 18 heavy (non-hydrogen) atoms. The molecule has 0 aromatic rings. The smallest absolute Gasteiger partial charge is 0.319 e. The number of esters is 2. The molecular weight excluding hydrogens is 300 g/mol. The molecule has 1 atom stereocenters. The third kappa shape index (κ3) is 9.45. The van der Waals surface area contributed by atoms with Gasteiger partial charge < -0.3 is 9.47 Å². The molecule has 0 aliphatic heterocycles. The zero-order valence-corrected chi connectivity index (χ0v) is 12.8. The molecule has 0 aliphatic rings. The molecule has 0 aliphatic carbocycles. The van der Waals surface area contributed by atoms with E-state index in [1.807, 2.05) is 0 Å². The van der Waals surface area contributed by atoms with Gasteiger partial charge in [-0.15, -0.1) is 0 Å². The zero-order valence-electron chi connectivity index (χ0n) is 11.2. The molecule has 0 aromatic carbocycles. The van der Waals surface area contributed by atoms with Crippen LogP contribution in [-0.2, 0) is 19.1 Å². The second-order valence-corrected chi connectivity index (χ2v) is 5.33. The van der Waals surface area contributed by atoms with Gasteiger partial charge in [-0.05, 0) is 12.8 Å². The van der Waals surface area contributed by atoms with Crippen LogP contribution < -0.4 is 0 Å². The number of hydrogen-bond donors (Lipinski definition) is 0. The largest absolute Gasteiger partial charge is 0.469 e. The van der Waals surface area contributed by atoms with E-state index in [0.29, 0.717) is 6.42 Å². The first-order valence-corrected chi connectivity index (χ1v) is 7.32. The molecular formula is C13H23BrO4. The molecule has 0 bridgehead atoms. The van der Waals surface area contributed by atoms with Crippen molar-refractivity contribution in [3.05, 3.63) is 0 Å². The third-order valence-electron chi connectivity index (χ3n) is 2.77. The van der Waals surface area contributed by atoms with Gasteiger partial charge in [0.15, 0.2) is 0 Å². The van der Waals surface area contributed by atoms with Crippen molar-refractivity contribution in [1.82, 2.24) is 0 Å². The lowest BCUT2D eigenvalue weighted by atomic mass is 10.1. The Hall–Kier alpha value is -0.580. The van der Waals surface area contributed by atoms with Crippen molar-refractivity contribution in [2.75, 3.05) is 14.2 Å². The number of carbonyl (C=O) groups is 2. The van der Waals surface area contributed by atoms with E-state index in [9.17, 15) is 9.59 Å². The van der Waals surface area contributed by atoms with Gasteiger partial charge in [-0.1, -0.05) is 48.0 Å². The summed E-state index contributed by atoms with van der Waals surface area (Å²) in [6, 6.07) is 0. The standard InChI is InChI=1S/C13H23BrO4/c1-17-12(15)10-8-6-4-3-5-7-9-11(14)13(16)18-2/h11H,3-10H2,1-2H3/t11-/m0/s1. The van der Waals surface area contributed by atoms with Gasteiger partial charge >= 0.3 is 11.9 Å². The van der Waals surface area contributed by atoms with Crippen molar-refractivity contribution in [3.8, 4) is 0 Å². The van der Waals surface area contributed by atoms with E-state index in [-0.39, 0.29) is 16.8 Å². The lowest BCUT2D eigenvalue weighted by Gasteiger charge is -2.06. The first kappa shape index (κ1) is 17.4. The second-order valence-electron chi connectivity index (χ2n) is 4.23. The molecule has 5 heteroatoms. The first-order chi connectivity index (χ1) is 8.61. The highest BCUT2D eigenvalue weighted by Gasteiger charge is 2.13. The van der Waals surface area contributed by atoms with Crippen molar-refractivity contribution >= 4 is 27.9 Å². The van der Waals surface area contributed by atoms with Gasteiger partial charge in [0.1, 0.15) is 4.83 Å². The monoisotopic (exact) mass is 322 g/mol. The molecule has 106 valence electrons. The summed E-state index contributed by atoms with van der Waals surface area (Å²) in [5.74, 6) is -0.330. The summed E-state index contributed by atoms with van der Waals surface area (Å²) in [6.45, 7) is 0. The third-order valence-corrected chi connectivity index (χ3v) is 3.60. The summed E-state index contributed by atoms with van der Waals surface area (Å²) in [5.41, 5.74) is 0. The van der Waals surface area contributed by atoms with Crippen LogP contribution in [0.2, 0.25) is 0 Å². The Bertz CT molecular complexity index is 243. The summed E-state index contributed by atoms with van der Waals surface area (Å²) in [7, 11) is 2.82. The van der Waals surface area contributed by atoms with Gasteiger partial charge in [0.25, 0.3) is 0 Å². The van der Waals surface area contributed by atoms with Crippen LogP contribution in [0.15, 0.2) is 0 Å². The summed E-state index contributed by atoms with van der Waals surface area (Å²) < 4.78 is 9.19. The van der Waals surface area contributed by atoms with Gasteiger partial charge in [-0.25, -0.2) is 0 Å². The van der Waals surface area contributed by atoms with Crippen molar-refractivity contribution in [3.63, 3.8) is 0 Å². The zero-order chi connectivity index (χ0) is 13.8. The predicted octanol–water partition coefficient (Wildman–Crippen LogP) is 3.22. The molecule has 0 N–H and O–H groups in total. The second kappa shape index (κ2) is 11.5. The fourth-order valence-electron chi connectivity index (χ4n) is 1.65. The van der Waals surface area contributed by atoms with E-state index < -0.39 is 0 Å². The maximum atomic E-state index is 11.1. The number of carbonyl (C=O) groups excluding carboxylic acids is 2. The molecule has 0 saturated carbocycles. The Morgan fingerprint density at radius 1 is 0.944 bits per heavy atom. The van der Waals surface area contributed by atoms with Crippen LogP contribution in [0.5, 0.6) is 0 Å². The van der Waals surface area contributed by atoms with E-state index in [1.165, 1.54) is 14.2 Å². The molecule has 0 spiro atoms. The van der Waals surface area contributed by atoms with Crippen LogP contribution in [0.1, 0.15) is 51.4 Å². The Labute approximate surface area is 118 Å². The highest BCUT2D eigenvalue weighted by molar-refractivity contribution is 9.10. The molecule has 0 saturated heterocycles. The summed E-state index contributed by atoms with van der Waals surface area (Å²) in [4.78, 5) is 21.8. The minimum absolute atomic E-state index is 0.129. The molecule has 0 fully saturated rings. The van der Waals surface area contributed by atoms with E-state index in [2.05, 4.69) is 25.4 Å². The van der Waals surface area contributed by atoms with E-state index in [4.69, 9.17) is 0 Å². The van der Waals surface area contributed by atoms with E-state index >= 15 is 0 Å². The minimum atomic E-state index is -0.201. The fraction of sp³-hybridized carbons (Fsp3) is 0.846. The van der Waals surface area contributed by atoms with Gasteiger partial charge in [0.05, 0.1) is 14.2 Å². The Morgan fingerprint density at radius 2 is 1.50 bits per heavy atom. The van der Waals surface area contributed by atoms with Crippen LogP contribution in [0.3, 0.4) is 0 Å². The number of alkyl halides is 1. The number of halogens is 1. The molecule has 4 nitrogen and oxygen atoms in total. The molecule has 0 rings (SSSR count).